The third-order valence-electron chi connectivity index (χ3n) is 9.18. The van der Waals surface area contributed by atoms with Crippen LogP contribution >= 0.6 is 11.6 Å². The summed E-state index contributed by atoms with van der Waals surface area (Å²) in [5.41, 5.74) is 1.34. The zero-order valence-electron chi connectivity index (χ0n) is 20.1. The molecule has 4 aliphatic rings. The number of aryl methyl sites for hydroxylation is 1. The second kappa shape index (κ2) is 8.31. The number of hydrogen-bond acceptors (Lipinski definition) is 6. The van der Waals surface area contributed by atoms with E-state index in [2.05, 4.69) is 20.4 Å². The van der Waals surface area contributed by atoms with Gasteiger partial charge in [0.1, 0.15) is 5.82 Å². The van der Waals surface area contributed by atoms with E-state index in [1.807, 2.05) is 10.7 Å². The molecule has 2 saturated carbocycles. The van der Waals surface area contributed by atoms with E-state index < -0.39 is 11.7 Å². The molecule has 1 spiro atoms. The highest BCUT2D eigenvalue weighted by atomic mass is 35.5. The van der Waals surface area contributed by atoms with Crippen molar-refractivity contribution in [2.75, 3.05) is 23.3 Å². The maximum absolute atomic E-state index is 13.4. The Hall–Kier alpha value is -2.88. The average molecular weight is 530 g/mol. The third kappa shape index (κ3) is 3.70. The lowest BCUT2D eigenvalue weighted by atomic mass is 9.41. The van der Waals surface area contributed by atoms with Gasteiger partial charge in [0, 0.05) is 43.6 Å². The van der Waals surface area contributed by atoms with E-state index in [-0.39, 0.29) is 12.0 Å². The van der Waals surface area contributed by atoms with Crippen molar-refractivity contribution in [2.45, 2.75) is 56.8 Å². The maximum atomic E-state index is 13.4. The number of anilines is 2. The van der Waals surface area contributed by atoms with Gasteiger partial charge in [0.25, 0.3) is 0 Å². The van der Waals surface area contributed by atoms with E-state index in [0.717, 1.165) is 56.5 Å². The summed E-state index contributed by atoms with van der Waals surface area (Å²) in [5, 5.41) is 16.7. The van der Waals surface area contributed by atoms with Crippen molar-refractivity contribution in [1.82, 2.24) is 25.0 Å². The minimum Gasteiger partial charge on any atom is -0.369 e. The highest BCUT2D eigenvalue weighted by Gasteiger charge is 2.70. The van der Waals surface area contributed by atoms with E-state index in [9.17, 15) is 13.2 Å². The molecule has 2 aromatic heterocycles. The van der Waals surface area contributed by atoms with Crippen molar-refractivity contribution < 1.29 is 13.2 Å². The first kappa shape index (κ1) is 23.3. The number of rotatable bonds is 4. The molecule has 0 amide bonds. The molecule has 2 aliphatic carbocycles. The lowest BCUT2D eigenvalue weighted by Gasteiger charge is -2.65. The van der Waals surface area contributed by atoms with E-state index >= 15 is 0 Å². The van der Waals surface area contributed by atoms with Crippen LogP contribution in [0.4, 0.5) is 24.8 Å². The zero-order valence-corrected chi connectivity index (χ0v) is 20.9. The lowest BCUT2D eigenvalue weighted by molar-refractivity contribution is -0.137. The molecule has 7 rings (SSSR count). The molecule has 194 valence electrons. The molecule has 1 N–H and O–H groups in total. The average Bonchev–Trinajstić information content (AvgIpc) is 3.39. The van der Waals surface area contributed by atoms with Crippen molar-refractivity contribution in [1.29, 1.82) is 0 Å². The second-order valence-electron chi connectivity index (χ2n) is 11.0. The molecule has 37 heavy (non-hydrogen) atoms. The Bertz CT molecular complexity index is 1340. The van der Waals surface area contributed by atoms with Gasteiger partial charge in [-0.2, -0.15) is 23.3 Å². The molecule has 3 aromatic rings. The quantitative estimate of drug-likeness (QED) is 0.489. The number of benzene rings is 1. The number of aromatic nitrogens is 5. The summed E-state index contributed by atoms with van der Waals surface area (Å²) in [7, 11) is 0. The van der Waals surface area contributed by atoms with Gasteiger partial charge < -0.3 is 10.2 Å². The molecule has 1 saturated heterocycles. The number of halogens is 4. The predicted octanol–water partition coefficient (Wildman–Crippen LogP) is 5.38. The van der Waals surface area contributed by atoms with Crippen LogP contribution in [0.15, 0.2) is 36.5 Å². The number of nitrogens with zero attached hydrogens (tertiary/aromatic N) is 6. The fourth-order valence-corrected chi connectivity index (χ4v) is 7.50. The molecule has 1 aromatic carbocycles. The second-order valence-corrected chi connectivity index (χ2v) is 11.3. The van der Waals surface area contributed by atoms with Gasteiger partial charge >= 0.3 is 6.18 Å². The van der Waals surface area contributed by atoms with Crippen LogP contribution in [-0.2, 0) is 12.7 Å². The normalized spacial score (nSPS) is 30.4. The highest BCUT2D eigenvalue weighted by molar-refractivity contribution is 6.29. The Labute approximate surface area is 217 Å². The van der Waals surface area contributed by atoms with Crippen LogP contribution in [-0.4, -0.2) is 44.1 Å². The highest BCUT2D eigenvalue weighted by Crippen LogP contribution is 2.68. The summed E-state index contributed by atoms with van der Waals surface area (Å²) in [6.07, 6.45) is 2.41. The first-order chi connectivity index (χ1) is 17.8. The molecule has 3 fully saturated rings. The van der Waals surface area contributed by atoms with Crippen molar-refractivity contribution >= 4 is 23.2 Å². The molecule has 0 bridgehead atoms. The van der Waals surface area contributed by atoms with Gasteiger partial charge in [-0.15, -0.1) is 10.2 Å². The van der Waals surface area contributed by atoms with Crippen LogP contribution in [0.3, 0.4) is 0 Å². The number of alkyl halides is 3. The van der Waals surface area contributed by atoms with Crippen molar-refractivity contribution in [3.05, 3.63) is 58.6 Å². The topological polar surface area (TPSA) is 71.8 Å². The van der Waals surface area contributed by atoms with Crippen molar-refractivity contribution in [3.63, 3.8) is 0 Å². The van der Waals surface area contributed by atoms with Crippen LogP contribution in [0.1, 0.15) is 55.0 Å². The Morgan fingerprint density at radius 2 is 2.00 bits per heavy atom. The Morgan fingerprint density at radius 3 is 2.78 bits per heavy atom. The van der Waals surface area contributed by atoms with E-state index in [1.54, 1.807) is 12.3 Å². The fraction of sp³-hybridized carbons (Fsp3) is 0.538. The molecular weight excluding hydrogens is 503 g/mol. The van der Waals surface area contributed by atoms with Gasteiger partial charge in [-0.25, -0.2) is 4.68 Å². The molecule has 3 unspecified atom stereocenters. The van der Waals surface area contributed by atoms with E-state index in [0.29, 0.717) is 33.9 Å². The Morgan fingerprint density at radius 1 is 1.11 bits per heavy atom. The van der Waals surface area contributed by atoms with Crippen LogP contribution in [0.5, 0.6) is 0 Å². The maximum Gasteiger partial charge on any atom is 0.416 e. The Balaban J connectivity index is 1.13. The molecule has 11 heteroatoms. The Kier molecular flexibility index (Phi) is 5.22. The third-order valence-corrected chi connectivity index (χ3v) is 9.36. The van der Waals surface area contributed by atoms with Crippen LogP contribution in [0.2, 0.25) is 5.15 Å². The lowest BCUT2D eigenvalue weighted by Crippen LogP contribution is -2.68. The number of hydrogen-bond donors (Lipinski definition) is 1. The number of fused-ring (bicyclic) bond motifs is 1. The first-order valence-corrected chi connectivity index (χ1v) is 13.3. The summed E-state index contributed by atoms with van der Waals surface area (Å²) < 4.78 is 42.0. The molecular formula is C26H27ClF3N7. The van der Waals surface area contributed by atoms with Crippen molar-refractivity contribution in [3.8, 4) is 0 Å². The van der Waals surface area contributed by atoms with Crippen LogP contribution in [0.25, 0.3) is 0 Å². The van der Waals surface area contributed by atoms with Gasteiger partial charge in [-0.05, 0) is 48.6 Å². The molecule has 0 radical (unpaired) electrons. The number of nitrogens with one attached hydrogen (secondary N) is 1. The smallest absolute Gasteiger partial charge is 0.369 e. The van der Waals surface area contributed by atoms with E-state index in [1.165, 1.54) is 25.0 Å². The van der Waals surface area contributed by atoms with Gasteiger partial charge in [0.2, 0.25) is 5.95 Å². The summed E-state index contributed by atoms with van der Waals surface area (Å²) >= 11 is 6.09. The monoisotopic (exact) mass is 529 g/mol. The molecule has 4 heterocycles. The minimum atomic E-state index is -4.37. The summed E-state index contributed by atoms with van der Waals surface area (Å²) in [6.45, 7) is 2.63. The molecule has 2 aliphatic heterocycles. The van der Waals surface area contributed by atoms with Gasteiger partial charge in [-0.1, -0.05) is 36.2 Å². The SMILES string of the molecule is FC(F)(F)c1cccc(C2CCCCn3nc(N[C@@H]4C5CCC56CN(c5cnnc(Cl)c5)C[C@@H]46)nc32)c1. The summed E-state index contributed by atoms with van der Waals surface area (Å²) in [4.78, 5) is 7.24. The van der Waals surface area contributed by atoms with Gasteiger partial charge in [0.05, 0.1) is 17.4 Å². The first-order valence-electron chi connectivity index (χ1n) is 12.9. The molecule has 7 nitrogen and oxygen atoms in total. The zero-order chi connectivity index (χ0) is 25.4. The summed E-state index contributed by atoms with van der Waals surface area (Å²) in [5.74, 6) is 2.18. The fourth-order valence-electron chi connectivity index (χ4n) is 7.34. The molecule has 5 atom stereocenters. The summed E-state index contributed by atoms with van der Waals surface area (Å²) in [6, 6.07) is 7.81. The predicted molar refractivity (Wildman–Crippen MR) is 132 cm³/mol. The minimum absolute atomic E-state index is 0.206. The van der Waals surface area contributed by atoms with Crippen LogP contribution < -0.4 is 10.2 Å². The van der Waals surface area contributed by atoms with Crippen LogP contribution in [0, 0.1) is 17.3 Å². The van der Waals surface area contributed by atoms with E-state index in [4.69, 9.17) is 21.7 Å². The van der Waals surface area contributed by atoms with Gasteiger partial charge in [0.15, 0.2) is 5.15 Å². The van der Waals surface area contributed by atoms with Crippen molar-refractivity contribution in [2.24, 2.45) is 17.3 Å². The standard InChI is InChI=1S/C26H27ClF3N7/c27-21-11-17(12-31-34-21)36-13-20-22(19-7-8-25(19,20)14-36)32-24-33-23-18(6-1-2-9-37(23)35-24)15-4-3-5-16(10-15)26(28,29)30/h3-5,10-12,18-20,22H,1-2,6-9,13-14H2,(H,32,35)/t18?,19?,20-,22+,25?/m0/s1. The largest absolute Gasteiger partial charge is 0.416 e. The van der Waals surface area contributed by atoms with Gasteiger partial charge in [-0.3, -0.25) is 0 Å².